The summed E-state index contributed by atoms with van der Waals surface area (Å²) in [4.78, 5) is 0. The maximum Gasteiger partial charge on any atom is 0.128 e. The molecule has 1 unspecified atom stereocenters. The van der Waals surface area contributed by atoms with Crippen molar-refractivity contribution in [3.8, 4) is 0 Å². The van der Waals surface area contributed by atoms with Crippen LogP contribution in [-0.2, 0) is 6.42 Å². The number of nitrogens with one attached hydrogen (secondary N) is 2. The molecule has 1 aliphatic rings. The third-order valence-corrected chi connectivity index (χ3v) is 3.11. The van der Waals surface area contributed by atoms with Gasteiger partial charge in [0.05, 0.1) is 0 Å². The molecule has 0 saturated heterocycles. The van der Waals surface area contributed by atoms with Gasteiger partial charge in [-0.2, -0.15) is 0 Å². The molecule has 2 N–H and O–H groups in total. The van der Waals surface area contributed by atoms with Crippen LogP contribution in [0.4, 0.5) is 4.39 Å². The van der Waals surface area contributed by atoms with Gasteiger partial charge in [-0.05, 0) is 45.4 Å². The summed E-state index contributed by atoms with van der Waals surface area (Å²) in [6.45, 7) is 8.05. The van der Waals surface area contributed by atoms with Gasteiger partial charge in [0.1, 0.15) is 5.82 Å². The SMILES string of the molecule is CC(C)(C)NCC1NCCc2cccc(F)c21. The van der Waals surface area contributed by atoms with Crippen molar-refractivity contribution in [3.63, 3.8) is 0 Å². The van der Waals surface area contributed by atoms with E-state index in [9.17, 15) is 4.39 Å². The van der Waals surface area contributed by atoms with E-state index in [1.54, 1.807) is 12.1 Å². The van der Waals surface area contributed by atoms with Gasteiger partial charge < -0.3 is 10.6 Å². The van der Waals surface area contributed by atoms with E-state index in [4.69, 9.17) is 0 Å². The normalized spacial score (nSPS) is 20.1. The maximum atomic E-state index is 13.9. The fourth-order valence-electron chi connectivity index (χ4n) is 2.26. The van der Waals surface area contributed by atoms with E-state index in [1.165, 1.54) is 0 Å². The zero-order chi connectivity index (χ0) is 12.5. The van der Waals surface area contributed by atoms with Gasteiger partial charge in [0, 0.05) is 23.7 Å². The Kier molecular flexibility index (Phi) is 3.50. The van der Waals surface area contributed by atoms with Crippen molar-refractivity contribution in [1.82, 2.24) is 10.6 Å². The molecule has 1 aromatic rings. The summed E-state index contributed by atoms with van der Waals surface area (Å²) in [7, 11) is 0. The minimum Gasteiger partial charge on any atom is -0.310 e. The molecular weight excluding hydrogens is 215 g/mol. The summed E-state index contributed by atoms with van der Waals surface area (Å²) in [5, 5.41) is 6.82. The van der Waals surface area contributed by atoms with Gasteiger partial charge >= 0.3 is 0 Å². The molecule has 1 atom stereocenters. The molecule has 1 heterocycles. The largest absolute Gasteiger partial charge is 0.310 e. The molecule has 1 aromatic carbocycles. The predicted octanol–water partition coefficient (Wildman–Crippen LogP) is 2.40. The summed E-state index contributed by atoms with van der Waals surface area (Å²) in [5.74, 6) is -0.0876. The molecule has 1 aliphatic heterocycles. The van der Waals surface area contributed by atoms with E-state index in [2.05, 4.69) is 31.4 Å². The second-order valence-electron chi connectivity index (χ2n) is 5.70. The van der Waals surface area contributed by atoms with Gasteiger partial charge in [-0.1, -0.05) is 12.1 Å². The Balaban J connectivity index is 2.17. The number of rotatable bonds is 2. The fraction of sp³-hybridized carbons (Fsp3) is 0.571. The molecule has 0 fully saturated rings. The third kappa shape index (κ3) is 3.05. The molecule has 94 valence electrons. The van der Waals surface area contributed by atoms with Crippen LogP contribution in [0.2, 0.25) is 0 Å². The minimum absolute atomic E-state index is 0.0601. The van der Waals surface area contributed by atoms with Crippen molar-refractivity contribution < 1.29 is 4.39 Å². The van der Waals surface area contributed by atoms with Crippen LogP contribution in [0, 0.1) is 5.82 Å². The van der Waals surface area contributed by atoms with E-state index < -0.39 is 0 Å². The standard InChI is InChI=1S/C14H21FN2/c1-14(2,3)17-9-12-13-10(7-8-16-12)5-4-6-11(13)15/h4-6,12,16-17H,7-9H2,1-3H3. The van der Waals surface area contributed by atoms with Crippen molar-refractivity contribution in [2.45, 2.75) is 38.8 Å². The Morgan fingerprint density at radius 1 is 1.41 bits per heavy atom. The number of benzene rings is 1. The summed E-state index contributed by atoms with van der Waals surface area (Å²) < 4.78 is 13.9. The Bertz CT molecular complexity index is 396. The number of halogens is 1. The highest BCUT2D eigenvalue weighted by Gasteiger charge is 2.24. The second-order valence-corrected chi connectivity index (χ2v) is 5.70. The Morgan fingerprint density at radius 3 is 2.88 bits per heavy atom. The lowest BCUT2D eigenvalue weighted by Crippen LogP contribution is -2.44. The summed E-state index contributed by atoms with van der Waals surface area (Å²) in [6, 6.07) is 5.46. The van der Waals surface area contributed by atoms with Gasteiger partial charge in [0.2, 0.25) is 0 Å². The highest BCUT2D eigenvalue weighted by Crippen LogP contribution is 2.25. The lowest BCUT2D eigenvalue weighted by Gasteiger charge is -2.30. The topological polar surface area (TPSA) is 24.1 Å². The van der Waals surface area contributed by atoms with Crippen LogP contribution in [0.3, 0.4) is 0 Å². The molecule has 0 aliphatic carbocycles. The summed E-state index contributed by atoms with van der Waals surface area (Å²) in [6.07, 6.45) is 0.916. The van der Waals surface area contributed by atoms with Crippen LogP contribution in [0.1, 0.15) is 37.9 Å². The van der Waals surface area contributed by atoms with Crippen molar-refractivity contribution >= 4 is 0 Å². The highest BCUT2D eigenvalue weighted by molar-refractivity contribution is 5.34. The molecular formula is C14H21FN2. The lowest BCUT2D eigenvalue weighted by atomic mass is 9.93. The highest BCUT2D eigenvalue weighted by atomic mass is 19.1. The average Bonchev–Trinajstić information content (AvgIpc) is 2.25. The fourth-order valence-corrected chi connectivity index (χ4v) is 2.26. The monoisotopic (exact) mass is 236 g/mol. The molecule has 0 aromatic heterocycles. The van der Waals surface area contributed by atoms with Crippen molar-refractivity contribution in [3.05, 3.63) is 35.1 Å². The lowest BCUT2D eigenvalue weighted by molar-refractivity contribution is 0.368. The van der Waals surface area contributed by atoms with Gasteiger partial charge in [-0.25, -0.2) is 4.39 Å². The molecule has 0 radical (unpaired) electrons. The number of hydrogen-bond donors (Lipinski definition) is 2. The molecule has 3 heteroatoms. The van der Waals surface area contributed by atoms with Crippen molar-refractivity contribution in [2.75, 3.05) is 13.1 Å². The van der Waals surface area contributed by atoms with E-state index >= 15 is 0 Å². The van der Waals surface area contributed by atoms with E-state index in [-0.39, 0.29) is 17.4 Å². The quantitative estimate of drug-likeness (QED) is 0.824. The first kappa shape index (κ1) is 12.5. The van der Waals surface area contributed by atoms with E-state index in [1.807, 2.05) is 6.07 Å². The first-order chi connectivity index (χ1) is 7.97. The minimum atomic E-state index is -0.0876. The molecule has 2 nitrogen and oxygen atoms in total. The maximum absolute atomic E-state index is 13.9. The van der Waals surface area contributed by atoms with Crippen LogP contribution in [-0.4, -0.2) is 18.6 Å². The summed E-state index contributed by atoms with van der Waals surface area (Å²) in [5.41, 5.74) is 2.05. The zero-order valence-electron chi connectivity index (χ0n) is 10.8. The zero-order valence-corrected chi connectivity index (χ0v) is 10.8. The van der Waals surface area contributed by atoms with Crippen LogP contribution in [0.25, 0.3) is 0 Å². The third-order valence-electron chi connectivity index (χ3n) is 3.11. The first-order valence-corrected chi connectivity index (χ1v) is 6.23. The van der Waals surface area contributed by atoms with Gasteiger partial charge in [-0.15, -0.1) is 0 Å². The smallest absolute Gasteiger partial charge is 0.128 e. The van der Waals surface area contributed by atoms with E-state index in [0.29, 0.717) is 0 Å². The van der Waals surface area contributed by atoms with Crippen LogP contribution >= 0.6 is 0 Å². The van der Waals surface area contributed by atoms with Crippen molar-refractivity contribution in [1.29, 1.82) is 0 Å². The summed E-state index contributed by atoms with van der Waals surface area (Å²) >= 11 is 0. The molecule has 2 rings (SSSR count). The van der Waals surface area contributed by atoms with Crippen LogP contribution < -0.4 is 10.6 Å². The van der Waals surface area contributed by atoms with Crippen LogP contribution in [0.5, 0.6) is 0 Å². The Labute approximate surface area is 103 Å². The molecule has 17 heavy (non-hydrogen) atoms. The first-order valence-electron chi connectivity index (χ1n) is 6.23. The Morgan fingerprint density at radius 2 is 2.18 bits per heavy atom. The van der Waals surface area contributed by atoms with Crippen LogP contribution in [0.15, 0.2) is 18.2 Å². The number of hydrogen-bond acceptors (Lipinski definition) is 2. The molecule has 0 spiro atoms. The van der Waals surface area contributed by atoms with E-state index in [0.717, 1.165) is 30.6 Å². The number of fused-ring (bicyclic) bond motifs is 1. The second kappa shape index (κ2) is 4.75. The van der Waals surface area contributed by atoms with Gasteiger partial charge in [0.25, 0.3) is 0 Å². The van der Waals surface area contributed by atoms with Crippen molar-refractivity contribution in [2.24, 2.45) is 0 Å². The molecule has 0 amide bonds. The van der Waals surface area contributed by atoms with Gasteiger partial charge in [-0.3, -0.25) is 0 Å². The molecule has 0 bridgehead atoms. The van der Waals surface area contributed by atoms with Gasteiger partial charge in [0.15, 0.2) is 0 Å². The Hall–Kier alpha value is -0.930. The average molecular weight is 236 g/mol. The molecule has 0 saturated carbocycles. The predicted molar refractivity (Wildman–Crippen MR) is 68.6 cm³/mol.